The molecular formula is C63H74Cl3N11O11S2. The van der Waals surface area contributed by atoms with Crippen molar-refractivity contribution in [3.63, 3.8) is 0 Å². The van der Waals surface area contributed by atoms with Crippen molar-refractivity contribution in [2.75, 3.05) is 23.8 Å². The number of anilines is 2. The second kappa shape index (κ2) is 38.6. The first-order valence-electron chi connectivity index (χ1n) is 29.2. The van der Waals surface area contributed by atoms with Crippen LogP contribution in [0.1, 0.15) is 122 Å². The van der Waals surface area contributed by atoms with E-state index in [9.17, 15) is 38.9 Å². The van der Waals surface area contributed by atoms with Crippen molar-refractivity contribution in [2.45, 2.75) is 147 Å². The highest BCUT2D eigenvalue weighted by Gasteiger charge is 2.29. The summed E-state index contributed by atoms with van der Waals surface area (Å²) in [4.78, 5) is 90.6. The Morgan fingerprint density at radius 1 is 0.756 bits per heavy atom. The molecule has 3 amide bonds. The first kappa shape index (κ1) is 72.8. The molecule has 0 fully saturated rings. The Bertz CT molecular complexity index is 3460. The van der Waals surface area contributed by atoms with E-state index >= 15 is 0 Å². The number of halogens is 3. The Labute approximate surface area is 546 Å². The maximum atomic E-state index is 13.3. The van der Waals surface area contributed by atoms with Crippen LogP contribution in [0, 0.1) is 23.0 Å². The third kappa shape index (κ3) is 24.8. The molecule has 0 saturated carbocycles. The van der Waals surface area contributed by atoms with Gasteiger partial charge >= 0.3 is 5.97 Å². The fourth-order valence-corrected chi connectivity index (χ4v) is 10.1. The Balaban J connectivity index is 0.000000268. The van der Waals surface area contributed by atoms with Crippen molar-refractivity contribution in [3.8, 4) is 17.2 Å². The number of benzene rings is 5. The van der Waals surface area contributed by atoms with E-state index in [0.29, 0.717) is 44.6 Å². The highest BCUT2D eigenvalue weighted by atomic mass is 35.5. The van der Waals surface area contributed by atoms with Crippen molar-refractivity contribution >= 4 is 110 Å². The quantitative estimate of drug-likeness (QED) is 0.00909. The number of hydrogen-bond acceptors (Lipinski definition) is 18. The van der Waals surface area contributed by atoms with Gasteiger partial charge in [-0.25, -0.2) is 4.98 Å². The molecule has 2 aromatic heterocycles. The van der Waals surface area contributed by atoms with Crippen molar-refractivity contribution in [2.24, 2.45) is 5.92 Å². The number of rotatable bonds is 31. The third-order valence-electron chi connectivity index (χ3n) is 13.4. The lowest BCUT2D eigenvalue weighted by Gasteiger charge is -2.23. The van der Waals surface area contributed by atoms with Gasteiger partial charge in [0.2, 0.25) is 17.2 Å². The molecule has 480 valence electrons. The van der Waals surface area contributed by atoms with Crippen LogP contribution in [0.15, 0.2) is 126 Å². The minimum Gasteiger partial charge on any atom is -0.491 e. The number of amides is 3. The van der Waals surface area contributed by atoms with E-state index in [4.69, 9.17) is 49.0 Å². The van der Waals surface area contributed by atoms with Gasteiger partial charge in [0.05, 0.1) is 46.1 Å². The molecule has 27 heteroatoms. The van der Waals surface area contributed by atoms with Crippen molar-refractivity contribution in [1.29, 1.82) is 0 Å². The number of unbranched alkanes of at least 4 members (excludes halogenated alkanes) is 9. The van der Waals surface area contributed by atoms with Crippen LogP contribution in [0.2, 0.25) is 15.1 Å². The van der Waals surface area contributed by atoms with E-state index in [1.54, 1.807) is 93.6 Å². The number of aromatic amines is 1. The summed E-state index contributed by atoms with van der Waals surface area (Å²) in [5, 5.41) is 36.3. The van der Waals surface area contributed by atoms with Gasteiger partial charge in [-0.2, -0.15) is 9.78 Å². The summed E-state index contributed by atoms with van der Waals surface area (Å²) < 4.78 is 18.3. The van der Waals surface area contributed by atoms with Gasteiger partial charge in [-0.15, -0.1) is 5.10 Å². The lowest BCUT2D eigenvalue weighted by atomic mass is 10.1. The number of carbonyl (C=O) groups excluding carboxylic acids is 6. The lowest BCUT2D eigenvalue weighted by molar-refractivity contribution is -0.385. The standard InChI is InChI=1S/C28H26ClN7O6S.C23H36ClNO3.C12H12ClN3O2S/c1-4-34(28(39)43-27-31-32-33-35(27)20-8-6-5-7-9-20)16-19-15-21(36(40)41)11-13-24(19)42-25(18(3)37)26(38)30-23-14-17(2)10-12-22(23)29;1-4-5-6-7-8-9-10-11-12-13-16-28-22-15-14-20(24)17-21(22)25-23(27)18(2)19(3)26;1-8(19-12-14-7-15-16-12)11(17)18-6-9-2-4-10(13)5-3-9/h5-15,25H,4,16H2,1-3H3,(H,30,38);14-15,17-18H,4-13,16H2,1-3H3,(H,25,27);2-5,7-8H,6H2,1H3,(H,14,15,16). The zero-order valence-corrected chi connectivity index (χ0v) is 55.0. The monoisotopic (exact) mass is 1330 g/mol. The molecule has 5 aromatic carbocycles. The number of nitrogens with one attached hydrogen (secondary N) is 3. The summed E-state index contributed by atoms with van der Waals surface area (Å²) in [6.07, 6.45) is 12.5. The minimum atomic E-state index is -1.60. The zero-order chi connectivity index (χ0) is 65.5. The predicted molar refractivity (Wildman–Crippen MR) is 350 cm³/mol. The SMILES string of the molecule is CC(Sc1ncn[nH]1)C(=O)OCc1ccc(Cl)cc1.CCCCCCCCCCCCOc1ccc(Cl)cc1NC(=O)C(C)C(C)=O.CCN(Cc1cc([N+](=O)[O-])ccc1OC(C(C)=O)C(=O)Nc1cc(C)ccc1Cl)C(=O)Sc1nnnn1-c1ccccc1. The molecule has 0 spiro atoms. The summed E-state index contributed by atoms with van der Waals surface area (Å²) in [5.41, 5.74) is 3.14. The van der Waals surface area contributed by atoms with E-state index in [0.717, 1.165) is 35.7 Å². The second-order valence-corrected chi connectivity index (χ2v) is 24.0. The summed E-state index contributed by atoms with van der Waals surface area (Å²) in [5.74, 6) is -2.31. The molecule has 3 N–H and O–H groups in total. The van der Waals surface area contributed by atoms with Crippen LogP contribution in [0.25, 0.3) is 5.69 Å². The van der Waals surface area contributed by atoms with Crippen LogP contribution in [-0.4, -0.2) is 104 Å². The molecule has 90 heavy (non-hydrogen) atoms. The molecule has 0 aliphatic heterocycles. The molecule has 0 radical (unpaired) electrons. The number of ketones is 2. The molecule has 2 heterocycles. The van der Waals surface area contributed by atoms with Gasteiger partial charge in [-0.3, -0.25) is 44.0 Å². The van der Waals surface area contributed by atoms with E-state index < -0.39 is 33.9 Å². The summed E-state index contributed by atoms with van der Waals surface area (Å²) in [6.45, 7) is 12.6. The molecule has 7 rings (SSSR count). The highest BCUT2D eigenvalue weighted by molar-refractivity contribution is 8.13. The number of tetrazole rings is 1. The molecule has 7 aromatic rings. The van der Waals surface area contributed by atoms with E-state index in [2.05, 4.69) is 48.3 Å². The fraction of sp³-hybridized carbons (Fsp3) is 0.381. The maximum Gasteiger partial charge on any atom is 0.319 e. The first-order chi connectivity index (χ1) is 43.2. The fourth-order valence-electron chi connectivity index (χ4n) is 8.17. The van der Waals surface area contributed by atoms with Crippen LogP contribution in [0.3, 0.4) is 0 Å². The first-order valence-corrected chi connectivity index (χ1v) is 32.0. The Kier molecular flexibility index (Phi) is 31.2. The number of nitrogens with zero attached hydrogens (tertiary/aromatic N) is 8. The van der Waals surface area contributed by atoms with Gasteiger partial charge in [0.1, 0.15) is 35.5 Å². The van der Waals surface area contributed by atoms with Crippen LogP contribution < -0.4 is 20.1 Å². The van der Waals surface area contributed by atoms with Gasteiger partial charge in [0.25, 0.3) is 16.8 Å². The number of esters is 1. The molecule has 0 aliphatic rings. The number of thioether (sulfide) groups is 2. The predicted octanol–water partition coefficient (Wildman–Crippen LogP) is 14.7. The van der Waals surface area contributed by atoms with Crippen LogP contribution in [0.4, 0.5) is 21.9 Å². The number of para-hydroxylation sites is 1. The molecule has 0 bridgehead atoms. The number of ether oxygens (including phenoxy) is 3. The molecule has 22 nitrogen and oxygen atoms in total. The van der Waals surface area contributed by atoms with Gasteiger partial charge in [0, 0.05) is 46.0 Å². The van der Waals surface area contributed by atoms with Gasteiger partial charge in [0.15, 0.2) is 10.9 Å². The van der Waals surface area contributed by atoms with Gasteiger partial charge in [-0.1, -0.05) is 148 Å². The third-order valence-corrected chi connectivity index (χ3v) is 16.0. The van der Waals surface area contributed by atoms with Crippen molar-refractivity contribution in [1.82, 2.24) is 40.3 Å². The van der Waals surface area contributed by atoms with Crippen LogP contribution in [-0.2, 0) is 41.9 Å². The number of nitro benzene ring substituents is 1. The molecule has 3 atom stereocenters. The topological polar surface area (TPSA) is 286 Å². The number of Topliss-reactive ketones (excluding diaryl/α,β-unsaturated/α-hetero) is 2. The summed E-state index contributed by atoms with van der Waals surface area (Å²) in [6, 6.07) is 30.0. The van der Waals surface area contributed by atoms with Crippen molar-refractivity contribution in [3.05, 3.63) is 157 Å². The Morgan fingerprint density at radius 2 is 1.41 bits per heavy atom. The number of nitro groups is 1. The van der Waals surface area contributed by atoms with Crippen LogP contribution in [0.5, 0.6) is 11.5 Å². The number of carbonyl (C=O) groups is 6. The smallest absolute Gasteiger partial charge is 0.319 e. The van der Waals surface area contributed by atoms with Gasteiger partial charge in [-0.05, 0) is 130 Å². The summed E-state index contributed by atoms with van der Waals surface area (Å²) >= 11 is 20.1. The average molecular weight is 1330 g/mol. The zero-order valence-electron chi connectivity index (χ0n) is 51.1. The van der Waals surface area contributed by atoms with E-state index in [-0.39, 0.29) is 69.8 Å². The second-order valence-electron chi connectivity index (χ2n) is 20.5. The van der Waals surface area contributed by atoms with Crippen LogP contribution >= 0.6 is 58.3 Å². The number of non-ortho nitro benzene ring substituents is 1. The number of aryl methyl sites for hydroxylation is 1. The maximum absolute atomic E-state index is 13.3. The molecular weight excluding hydrogens is 1260 g/mol. The Morgan fingerprint density at radius 3 is 2.04 bits per heavy atom. The number of aromatic nitrogens is 7. The normalized spacial score (nSPS) is 11.7. The van der Waals surface area contributed by atoms with Crippen molar-refractivity contribution < 1.29 is 47.9 Å². The van der Waals surface area contributed by atoms with E-state index in [1.807, 2.05) is 25.1 Å². The summed E-state index contributed by atoms with van der Waals surface area (Å²) in [7, 11) is 0. The molecule has 3 unspecified atom stereocenters. The highest BCUT2D eigenvalue weighted by Crippen LogP contribution is 2.32. The average Bonchev–Trinajstić information content (AvgIpc) is 1.58. The molecule has 0 aliphatic carbocycles. The molecule has 0 saturated heterocycles. The lowest BCUT2D eigenvalue weighted by Crippen LogP contribution is -2.39. The largest absolute Gasteiger partial charge is 0.491 e. The number of H-pyrrole nitrogens is 1. The Hall–Kier alpha value is -7.90. The van der Waals surface area contributed by atoms with Gasteiger partial charge < -0.3 is 29.7 Å². The minimum absolute atomic E-state index is 0.0154. The number of hydrogen-bond donors (Lipinski definition) is 3. The van der Waals surface area contributed by atoms with E-state index in [1.165, 1.54) is 111 Å².